The van der Waals surface area contributed by atoms with Crippen LogP contribution in [0.15, 0.2) is 0 Å². The van der Waals surface area contributed by atoms with Crippen LogP contribution in [-0.4, -0.2) is 42.8 Å². The monoisotopic (exact) mass is 210 g/mol. The first-order valence-electron chi connectivity index (χ1n) is 5.62. The molecule has 0 bridgehead atoms. The van der Waals surface area contributed by atoms with Gasteiger partial charge in [0.25, 0.3) is 6.26 Å². The van der Waals surface area contributed by atoms with E-state index < -0.39 is 0 Å². The van der Waals surface area contributed by atoms with E-state index in [0.717, 1.165) is 45.6 Å². The lowest BCUT2D eigenvalue weighted by molar-refractivity contribution is -0.0135. The van der Waals surface area contributed by atoms with Gasteiger partial charge in [-0.15, -0.1) is 0 Å². The summed E-state index contributed by atoms with van der Waals surface area (Å²) in [6.07, 6.45) is 5.06. The molecule has 1 unspecified atom stereocenters. The lowest BCUT2D eigenvalue weighted by Gasteiger charge is -2.41. The van der Waals surface area contributed by atoms with Gasteiger partial charge >= 0.3 is 0 Å². The lowest BCUT2D eigenvalue weighted by atomic mass is 9.91. The van der Waals surface area contributed by atoms with E-state index >= 15 is 0 Å². The Balaban J connectivity index is 1.91. The van der Waals surface area contributed by atoms with E-state index in [1.165, 1.54) is 0 Å². The highest BCUT2D eigenvalue weighted by Crippen LogP contribution is 2.31. The molecule has 4 nitrogen and oxygen atoms in total. The van der Waals surface area contributed by atoms with Gasteiger partial charge < -0.3 is 9.47 Å². The Morgan fingerprint density at radius 3 is 2.87 bits per heavy atom. The van der Waals surface area contributed by atoms with Crippen molar-refractivity contribution in [3.8, 4) is 6.26 Å². The van der Waals surface area contributed by atoms with Crippen molar-refractivity contribution in [3.05, 3.63) is 0 Å². The van der Waals surface area contributed by atoms with Crippen LogP contribution in [0.5, 0.6) is 0 Å². The molecule has 0 saturated carbocycles. The molecular formula is C11H18N2O2. The van der Waals surface area contributed by atoms with Crippen LogP contribution in [0.2, 0.25) is 0 Å². The van der Waals surface area contributed by atoms with Gasteiger partial charge in [0.2, 0.25) is 0 Å². The first kappa shape index (κ1) is 10.7. The SMILES string of the molecule is CC1(N2CCC(OC#N)C2)CCOCC1. The standard InChI is InChI=1S/C11H18N2O2/c1-11(3-6-14-7-4-11)13-5-2-10(8-13)15-9-12/h10H,2-8H2,1H3. The van der Waals surface area contributed by atoms with Crippen LogP contribution in [0.4, 0.5) is 0 Å². The normalized spacial score (nSPS) is 31.1. The van der Waals surface area contributed by atoms with E-state index in [0.29, 0.717) is 0 Å². The molecule has 0 aromatic carbocycles. The van der Waals surface area contributed by atoms with E-state index in [4.69, 9.17) is 14.7 Å². The molecule has 2 fully saturated rings. The van der Waals surface area contributed by atoms with Crippen LogP contribution in [-0.2, 0) is 9.47 Å². The summed E-state index contributed by atoms with van der Waals surface area (Å²) >= 11 is 0. The zero-order valence-electron chi connectivity index (χ0n) is 9.24. The maximum Gasteiger partial charge on any atom is 0.286 e. The lowest BCUT2D eigenvalue weighted by Crippen LogP contribution is -2.49. The second-order valence-corrected chi connectivity index (χ2v) is 4.68. The topological polar surface area (TPSA) is 45.5 Å². The Morgan fingerprint density at radius 2 is 2.20 bits per heavy atom. The number of rotatable bonds is 2. The Labute approximate surface area is 90.8 Å². The van der Waals surface area contributed by atoms with Crippen molar-refractivity contribution in [1.29, 1.82) is 5.26 Å². The van der Waals surface area contributed by atoms with E-state index in [1.807, 2.05) is 0 Å². The maximum atomic E-state index is 8.48. The molecular weight excluding hydrogens is 192 g/mol. The summed E-state index contributed by atoms with van der Waals surface area (Å²) in [6, 6.07) is 0. The average molecular weight is 210 g/mol. The number of ether oxygens (including phenoxy) is 2. The van der Waals surface area contributed by atoms with Gasteiger partial charge in [-0.2, -0.15) is 5.26 Å². The second-order valence-electron chi connectivity index (χ2n) is 4.68. The van der Waals surface area contributed by atoms with Crippen molar-refractivity contribution < 1.29 is 9.47 Å². The quantitative estimate of drug-likeness (QED) is 0.641. The summed E-state index contributed by atoms with van der Waals surface area (Å²) in [7, 11) is 0. The number of hydrogen-bond donors (Lipinski definition) is 0. The highest BCUT2D eigenvalue weighted by atomic mass is 16.5. The van der Waals surface area contributed by atoms with Gasteiger partial charge in [-0.05, 0) is 26.2 Å². The minimum Gasteiger partial charge on any atom is -0.423 e. The second kappa shape index (κ2) is 4.38. The Kier molecular flexibility index (Phi) is 3.13. The molecule has 4 heteroatoms. The van der Waals surface area contributed by atoms with E-state index in [1.54, 1.807) is 6.26 Å². The molecule has 0 aromatic heterocycles. The summed E-state index contributed by atoms with van der Waals surface area (Å²) in [5, 5.41) is 8.48. The maximum absolute atomic E-state index is 8.48. The predicted molar refractivity (Wildman–Crippen MR) is 55.1 cm³/mol. The number of nitrogens with zero attached hydrogens (tertiary/aromatic N) is 2. The van der Waals surface area contributed by atoms with Gasteiger partial charge in [-0.3, -0.25) is 4.90 Å². The molecule has 2 aliphatic rings. The van der Waals surface area contributed by atoms with Crippen molar-refractivity contribution in [2.45, 2.75) is 37.8 Å². The molecule has 15 heavy (non-hydrogen) atoms. The minimum absolute atomic E-state index is 0.106. The highest BCUT2D eigenvalue weighted by molar-refractivity contribution is 4.93. The summed E-state index contributed by atoms with van der Waals surface area (Å²) in [5.74, 6) is 0. The molecule has 2 rings (SSSR count). The van der Waals surface area contributed by atoms with Gasteiger partial charge in [0, 0.05) is 31.8 Å². The summed E-state index contributed by atoms with van der Waals surface area (Å²) in [6.45, 7) is 5.95. The van der Waals surface area contributed by atoms with Crippen molar-refractivity contribution in [2.24, 2.45) is 0 Å². The predicted octanol–water partition coefficient (Wildman–Crippen LogP) is 1.13. The third-order valence-electron chi connectivity index (χ3n) is 3.70. The molecule has 0 amide bonds. The molecule has 0 aromatic rings. The number of likely N-dealkylation sites (tertiary alicyclic amines) is 1. The number of hydrogen-bond acceptors (Lipinski definition) is 4. The average Bonchev–Trinajstić information content (AvgIpc) is 2.69. The molecule has 2 heterocycles. The van der Waals surface area contributed by atoms with Crippen LogP contribution in [0.1, 0.15) is 26.2 Å². The molecule has 84 valence electrons. The van der Waals surface area contributed by atoms with E-state index in [-0.39, 0.29) is 11.6 Å². The Morgan fingerprint density at radius 1 is 1.47 bits per heavy atom. The van der Waals surface area contributed by atoms with Crippen LogP contribution >= 0.6 is 0 Å². The van der Waals surface area contributed by atoms with E-state index in [9.17, 15) is 0 Å². The fourth-order valence-electron chi connectivity index (χ4n) is 2.52. The zero-order chi connectivity index (χ0) is 10.7. The van der Waals surface area contributed by atoms with Crippen LogP contribution in [0, 0.1) is 11.5 Å². The first-order valence-corrected chi connectivity index (χ1v) is 5.62. The fourth-order valence-corrected chi connectivity index (χ4v) is 2.52. The Hall–Kier alpha value is -0.790. The van der Waals surface area contributed by atoms with Gasteiger partial charge in [0.1, 0.15) is 6.10 Å². The molecule has 1 atom stereocenters. The molecule has 2 aliphatic heterocycles. The molecule has 0 radical (unpaired) electrons. The van der Waals surface area contributed by atoms with E-state index in [2.05, 4.69) is 11.8 Å². The minimum atomic E-state index is 0.106. The van der Waals surface area contributed by atoms with Crippen LogP contribution < -0.4 is 0 Å². The van der Waals surface area contributed by atoms with Crippen molar-refractivity contribution in [3.63, 3.8) is 0 Å². The third-order valence-corrected chi connectivity index (χ3v) is 3.70. The summed E-state index contributed by atoms with van der Waals surface area (Å²) in [4.78, 5) is 2.46. The summed E-state index contributed by atoms with van der Waals surface area (Å²) in [5.41, 5.74) is 0.256. The summed E-state index contributed by atoms with van der Waals surface area (Å²) < 4.78 is 10.4. The van der Waals surface area contributed by atoms with Gasteiger partial charge in [-0.1, -0.05) is 0 Å². The first-order chi connectivity index (χ1) is 7.24. The molecule has 0 N–H and O–H groups in total. The van der Waals surface area contributed by atoms with Crippen LogP contribution in [0.25, 0.3) is 0 Å². The van der Waals surface area contributed by atoms with Crippen molar-refractivity contribution in [2.75, 3.05) is 26.3 Å². The van der Waals surface area contributed by atoms with Gasteiger partial charge in [0.05, 0.1) is 0 Å². The zero-order valence-corrected chi connectivity index (χ0v) is 9.24. The largest absolute Gasteiger partial charge is 0.423 e. The van der Waals surface area contributed by atoms with Crippen LogP contribution in [0.3, 0.4) is 0 Å². The van der Waals surface area contributed by atoms with Crippen molar-refractivity contribution >= 4 is 0 Å². The van der Waals surface area contributed by atoms with Crippen molar-refractivity contribution in [1.82, 2.24) is 4.90 Å². The van der Waals surface area contributed by atoms with Gasteiger partial charge in [-0.25, -0.2) is 0 Å². The molecule has 0 aliphatic carbocycles. The third kappa shape index (κ3) is 2.24. The fraction of sp³-hybridized carbons (Fsp3) is 0.909. The molecule has 0 spiro atoms. The smallest absolute Gasteiger partial charge is 0.286 e. The Bertz CT molecular complexity index is 256. The highest BCUT2D eigenvalue weighted by Gasteiger charge is 2.38. The van der Waals surface area contributed by atoms with Gasteiger partial charge in [0.15, 0.2) is 0 Å². The molecule has 2 saturated heterocycles. The number of nitriles is 1.